The van der Waals surface area contributed by atoms with E-state index in [-0.39, 0.29) is 106 Å². The molecule has 2 aromatic heterocycles. The number of para-hydroxylation sites is 2. The van der Waals surface area contributed by atoms with Crippen molar-refractivity contribution in [2.24, 2.45) is 0 Å². The van der Waals surface area contributed by atoms with Crippen LogP contribution in [0.1, 0.15) is 11.1 Å². The maximum absolute atomic E-state index is 12.4. The average molecular weight is 835 g/mol. The molecule has 6 aromatic rings. The van der Waals surface area contributed by atoms with E-state index in [1.54, 1.807) is 72.8 Å². The molecule has 0 bridgehead atoms. The van der Waals surface area contributed by atoms with E-state index < -0.39 is 15.0 Å². The maximum Gasteiger partial charge on any atom is 1.00 e. The van der Waals surface area contributed by atoms with E-state index in [0.717, 1.165) is 6.07 Å². The zero-order chi connectivity index (χ0) is 39.3. The molecule has 2 heterocycles. The Bertz CT molecular complexity index is 2570. The molecule has 0 unspecified atom stereocenters. The van der Waals surface area contributed by atoms with E-state index >= 15 is 0 Å². The molecule has 58 heavy (non-hydrogen) atoms. The molecule has 0 aliphatic heterocycles. The number of anilines is 6. The van der Waals surface area contributed by atoms with E-state index in [1.807, 2.05) is 6.07 Å². The number of hydrogen-bond acceptors (Lipinski definition) is 19. The van der Waals surface area contributed by atoms with Crippen LogP contribution in [0.3, 0.4) is 0 Å². The molecule has 0 amide bonds. The fourth-order valence-electron chi connectivity index (χ4n) is 4.62. The minimum Gasteiger partial charge on any atom is -0.744 e. The predicted octanol–water partition coefficient (Wildman–Crippen LogP) is -0.553. The first-order valence-electron chi connectivity index (χ1n) is 15.7. The molecule has 4 aromatic carbocycles. The molecule has 6 rings (SSSR count). The van der Waals surface area contributed by atoms with Gasteiger partial charge in [0.05, 0.1) is 16.9 Å². The molecule has 0 radical (unpaired) electrons. The summed E-state index contributed by atoms with van der Waals surface area (Å²) >= 11 is 0.563. The molecular weight excluding hydrogens is 811 g/mol. The molecule has 0 atom stereocenters. The van der Waals surface area contributed by atoms with Gasteiger partial charge in [0.25, 0.3) is 0 Å². The summed E-state index contributed by atoms with van der Waals surface area (Å²) in [5.41, 5.74) is 1.02. The van der Waals surface area contributed by atoms with Crippen LogP contribution < -0.4 is 95.1 Å². The molecule has 0 aliphatic rings. The van der Waals surface area contributed by atoms with Gasteiger partial charge >= 0.3 is 71.1 Å². The summed E-state index contributed by atoms with van der Waals surface area (Å²) in [7, 11) is -5.02. The number of hydrogen-bond donors (Lipinski definition) is 4. The van der Waals surface area contributed by atoms with Crippen molar-refractivity contribution in [1.82, 2.24) is 29.9 Å². The Labute approximate surface area is 380 Å². The van der Waals surface area contributed by atoms with E-state index in [0.29, 0.717) is 39.7 Å². The van der Waals surface area contributed by atoms with Crippen molar-refractivity contribution in [3.8, 4) is 48.5 Å². The van der Waals surface area contributed by atoms with Gasteiger partial charge in [0.1, 0.15) is 21.6 Å². The fourth-order valence-corrected chi connectivity index (χ4v) is 5.83. The number of aromatic nitrogens is 6. The smallest absolute Gasteiger partial charge is 0.744 e. The predicted molar refractivity (Wildman–Crippen MR) is 202 cm³/mol. The standard InChI is InChI=1S/C36H26N10O8S2.2Na/c1-3-37-31-41-33(45-35(43-31)51-27-11-7-5-8-12-27)39-25-19-17-23(29(21-25)55-54-53-47)15-16-24-18-20-26(22-30(24)56(48,49)50)40-34-42-32(38-4-2)44-36(46-34)52-28-13-9-6-10-14-28;;/h1-2,5-22,47H,(H,48,49,50)(H2,37,39,41,43,45)(H2,38,40,42,44,46);;/q;2*+1/p-2. The molecule has 22 heteroatoms. The second-order valence-corrected chi connectivity index (χ2v) is 12.8. The van der Waals surface area contributed by atoms with Crippen molar-refractivity contribution in [3.05, 3.63) is 108 Å². The van der Waals surface area contributed by atoms with Gasteiger partial charge < -0.3 is 29.9 Å². The number of nitrogens with one attached hydrogen (secondary N) is 4. The molecular formula is C36H24N10Na2O8S2. The summed E-state index contributed by atoms with van der Waals surface area (Å²) in [6.07, 6.45) is 13.6. The van der Waals surface area contributed by atoms with Gasteiger partial charge in [-0.15, -0.1) is 0 Å². The van der Waals surface area contributed by atoms with Crippen molar-refractivity contribution in [3.63, 3.8) is 0 Å². The Morgan fingerprint density at radius 3 is 1.59 bits per heavy atom. The van der Waals surface area contributed by atoms with Crippen LogP contribution in [0.2, 0.25) is 0 Å². The molecule has 0 spiro atoms. The summed E-state index contributed by atoms with van der Waals surface area (Å²) in [6, 6.07) is 30.6. The molecule has 4 N–H and O–H groups in total. The van der Waals surface area contributed by atoms with Crippen molar-refractivity contribution in [2.75, 3.05) is 21.3 Å². The fraction of sp³-hybridized carbons (Fsp3) is 0. The van der Waals surface area contributed by atoms with Crippen molar-refractivity contribution < 1.29 is 96.2 Å². The molecule has 18 nitrogen and oxygen atoms in total. The number of ether oxygens (including phenoxy) is 2. The molecule has 0 aliphatic carbocycles. The largest absolute Gasteiger partial charge is 1.00 e. The first-order chi connectivity index (χ1) is 27.2. The minimum absolute atomic E-state index is 0. The normalized spacial score (nSPS) is 10.6. The van der Waals surface area contributed by atoms with Crippen LogP contribution in [0.15, 0.2) is 107 Å². The number of terminal acetylenes is 2. The third kappa shape index (κ3) is 13.1. The van der Waals surface area contributed by atoms with Gasteiger partial charge in [-0.25, -0.2) is 8.42 Å². The first-order valence-corrected chi connectivity index (χ1v) is 17.8. The summed E-state index contributed by atoms with van der Waals surface area (Å²) < 4.78 is 53.4. The second-order valence-electron chi connectivity index (χ2n) is 10.7. The van der Waals surface area contributed by atoms with Crippen LogP contribution in [0, 0.1) is 24.9 Å². The number of nitrogens with zero attached hydrogens (tertiary/aromatic N) is 6. The number of rotatable bonds is 16. The van der Waals surface area contributed by atoms with Gasteiger partial charge in [-0.3, -0.25) is 15.7 Å². The van der Waals surface area contributed by atoms with Gasteiger partial charge in [0, 0.05) is 28.4 Å². The number of benzene rings is 4. The van der Waals surface area contributed by atoms with Crippen LogP contribution in [0.4, 0.5) is 35.2 Å². The maximum atomic E-state index is 12.4. The van der Waals surface area contributed by atoms with E-state index in [4.69, 9.17) is 22.3 Å². The van der Waals surface area contributed by atoms with E-state index in [2.05, 4.69) is 72.6 Å². The Hall–Kier alpha value is -5.30. The zero-order valence-corrected chi connectivity index (χ0v) is 35.9. The van der Waals surface area contributed by atoms with Crippen LogP contribution in [-0.2, 0) is 19.5 Å². The Morgan fingerprint density at radius 1 is 0.638 bits per heavy atom. The van der Waals surface area contributed by atoms with Crippen LogP contribution in [0.5, 0.6) is 23.5 Å². The Morgan fingerprint density at radius 2 is 1.10 bits per heavy atom. The Kier molecular flexibility index (Phi) is 17.2. The third-order valence-corrected chi connectivity index (χ3v) is 8.45. The Balaban J connectivity index is 0.00000372. The van der Waals surface area contributed by atoms with Gasteiger partial charge in [0.2, 0.25) is 23.8 Å². The molecule has 0 fully saturated rings. The monoisotopic (exact) mass is 834 g/mol. The van der Waals surface area contributed by atoms with Crippen LogP contribution in [0.25, 0.3) is 12.2 Å². The van der Waals surface area contributed by atoms with Crippen molar-refractivity contribution in [2.45, 2.75) is 9.79 Å². The molecule has 0 saturated heterocycles. The van der Waals surface area contributed by atoms with Gasteiger partial charge in [-0.1, -0.05) is 73.5 Å². The summed E-state index contributed by atoms with van der Waals surface area (Å²) in [5.74, 6) is 0.873. The van der Waals surface area contributed by atoms with Crippen molar-refractivity contribution in [1.29, 1.82) is 0 Å². The molecule has 0 saturated carbocycles. The quantitative estimate of drug-likeness (QED) is 0.0140. The van der Waals surface area contributed by atoms with Crippen LogP contribution in [-0.4, -0.2) is 42.9 Å². The topological polar surface area (TPSA) is 243 Å². The zero-order valence-electron chi connectivity index (χ0n) is 30.3. The SMILES string of the molecule is C#CNc1nc(Nc2ccc(C=Cc3ccc(Nc4nc(NC#C)nc(Oc5ccccc5)n4)cc3S(=O)(=O)[O-])c(SOO[O-])c2)nc(Oc2ccccc2)n1.[Na+].[Na+]. The second kappa shape index (κ2) is 22.0. The van der Waals surface area contributed by atoms with E-state index in [9.17, 15) is 18.2 Å². The van der Waals surface area contributed by atoms with Crippen LogP contribution >= 0.6 is 12.0 Å². The van der Waals surface area contributed by atoms with Gasteiger partial charge in [-0.05, 0) is 59.7 Å². The summed E-state index contributed by atoms with van der Waals surface area (Å²) in [6.45, 7) is 0. The van der Waals surface area contributed by atoms with Gasteiger partial charge in [-0.2, -0.15) is 34.2 Å². The summed E-state index contributed by atoms with van der Waals surface area (Å²) in [4.78, 5) is 24.9. The summed E-state index contributed by atoms with van der Waals surface area (Å²) in [5, 5.41) is 25.2. The third-order valence-electron chi connectivity index (χ3n) is 6.91. The minimum atomic E-state index is -5.02. The molecule has 280 valence electrons. The average Bonchev–Trinajstić information content (AvgIpc) is 3.17. The van der Waals surface area contributed by atoms with E-state index in [1.165, 1.54) is 24.3 Å². The first kappa shape index (κ1) is 45.4. The van der Waals surface area contributed by atoms with Crippen molar-refractivity contribution >= 4 is 69.5 Å². The van der Waals surface area contributed by atoms with Gasteiger partial charge in [0.15, 0.2) is 0 Å².